The molecule has 0 aliphatic heterocycles. The zero-order chi connectivity index (χ0) is 13.7. The van der Waals surface area contributed by atoms with Gasteiger partial charge in [0.1, 0.15) is 0 Å². The lowest BCUT2D eigenvalue weighted by atomic mass is 10.2. The standard InChI is InChI=1S/C14H23N3O2/c1-11(2)10-19-6-5-17-14(18)7-13(9-16-17)15-8-12-3-4-12/h7,9,11-12,15H,3-6,8,10H2,1-2H3. The van der Waals surface area contributed by atoms with Crippen molar-refractivity contribution in [1.29, 1.82) is 0 Å². The number of aromatic nitrogens is 2. The maximum Gasteiger partial charge on any atom is 0.268 e. The Morgan fingerprint density at radius 2 is 2.32 bits per heavy atom. The predicted octanol–water partition coefficient (Wildman–Crippen LogP) is 1.74. The van der Waals surface area contributed by atoms with Crippen LogP contribution in [0.15, 0.2) is 17.1 Å². The number of hydrogen-bond acceptors (Lipinski definition) is 4. The number of nitrogens with zero attached hydrogens (tertiary/aromatic N) is 2. The van der Waals surface area contributed by atoms with Crippen LogP contribution in [0.4, 0.5) is 5.69 Å². The summed E-state index contributed by atoms with van der Waals surface area (Å²) in [5.41, 5.74) is 0.741. The van der Waals surface area contributed by atoms with Crippen molar-refractivity contribution in [3.8, 4) is 0 Å². The SMILES string of the molecule is CC(C)COCCn1ncc(NCC2CC2)cc1=O. The highest BCUT2D eigenvalue weighted by molar-refractivity contribution is 5.38. The highest BCUT2D eigenvalue weighted by Crippen LogP contribution is 2.28. The van der Waals surface area contributed by atoms with E-state index in [1.807, 2.05) is 0 Å². The van der Waals surface area contributed by atoms with Gasteiger partial charge in [0.25, 0.3) is 5.56 Å². The Bertz CT molecular complexity index is 452. The maximum atomic E-state index is 11.8. The maximum absolute atomic E-state index is 11.8. The largest absolute Gasteiger partial charge is 0.383 e. The van der Waals surface area contributed by atoms with Crippen molar-refractivity contribution in [3.63, 3.8) is 0 Å². The Balaban J connectivity index is 1.78. The molecular weight excluding hydrogens is 242 g/mol. The molecule has 0 unspecified atom stereocenters. The molecule has 106 valence electrons. The zero-order valence-corrected chi connectivity index (χ0v) is 11.8. The van der Waals surface area contributed by atoms with E-state index in [0.29, 0.717) is 19.1 Å². The molecule has 0 aromatic carbocycles. The molecule has 0 radical (unpaired) electrons. The first-order valence-corrected chi connectivity index (χ1v) is 7.04. The van der Waals surface area contributed by atoms with Crippen molar-refractivity contribution in [3.05, 3.63) is 22.6 Å². The van der Waals surface area contributed by atoms with Crippen LogP contribution in [-0.4, -0.2) is 29.5 Å². The topological polar surface area (TPSA) is 56.1 Å². The summed E-state index contributed by atoms with van der Waals surface area (Å²) in [5, 5.41) is 7.40. The summed E-state index contributed by atoms with van der Waals surface area (Å²) in [6.45, 7) is 6.91. The van der Waals surface area contributed by atoms with Crippen molar-refractivity contribution in [2.45, 2.75) is 33.2 Å². The van der Waals surface area contributed by atoms with E-state index in [4.69, 9.17) is 4.74 Å². The fourth-order valence-corrected chi connectivity index (χ4v) is 1.75. The van der Waals surface area contributed by atoms with Crippen molar-refractivity contribution >= 4 is 5.69 Å². The van der Waals surface area contributed by atoms with Gasteiger partial charge in [-0.3, -0.25) is 4.79 Å². The van der Waals surface area contributed by atoms with Gasteiger partial charge in [0.2, 0.25) is 0 Å². The Kier molecular flexibility index (Phi) is 4.96. The molecule has 1 aliphatic rings. The molecule has 1 aliphatic carbocycles. The highest BCUT2D eigenvalue weighted by atomic mass is 16.5. The van der Waals surface area contributed by atoms with Gasteiger partial charge in [-0.15, -0.1) is 0 Å². The van der Waals surface area contributed by atoms with Gasteiger partial charge >= 0.3 is 0 Å². The summed E-state index contributed by atoms with van der Waals surface area (Å²) >= 11 is 0. The third-order valence-corrected chi connectivity index (χ3v) is 3.06. The fraction of sp³-hybridized carbons (Fsp3) is 0.714. The van der Waals surface area contributed by atoms with E-state index in [-0.39, 0.29) is 5.56 Å². The Labute approximate surface area is 114 Å². The van der Waals surface area contributed by atoms with E-state index in [0.717, 1.165) is 24.8 Å². The molecule has 1 heterocycles. The normalized spacial score (nSPS) is 14.9. The summed E-state index contributed by atoms with van der Waals surface area (Å²) < 4.78 is 6.90. The van der Waals surface area contributed by atoms with Gasteiger partial charge in [0, 0.05) is 19.2 Å². The van der Waals surface area contributed by atoms with Crippen molar-refractivity contribution in [2.75, 3.05) is 25.1 Å². The molecule has 1 aromatic heterocycles. The van der Waals surface area contributed by atoms with Crippen molar-refractivity contribution in [2.24, 2.45) is 11.8 Å². The highest BCUT2D eigenvalue weighted by Gasteiger charge is 2.20. The van der Waals surface area contributed by atoms with Gasteiger partial charge in [0.15, 0.2) is 0 Å². The summed E-state index contributed by atoms with van der Waals surface area (Å²) in [5.74, 6) is 1.30. The van der Waals surface area contributed by atoms with Crippen LogP contribution < -0.4 is 10.9 Å². The van der Waals surface area contributed by atoms with E-state index in [1.54, 1.807) is 12.3 Å². The first-order chi connectivity index (χ1) is 9.15. The second kappa shape index (κ2) is 6.70. The van der Waals surface area contributed by atoms with Crippen LogP contribution in [0.2, 0.25) is 0 Å². The van der Waals surface area contributed by atoms with Gasteiger partial charge in [-0.05, 0) is 24.7 Å². The molecule has 0 bridgehead atoms. The fourth-order valence-electron chi connectivity index (χ4n) is 1.75. The summed E-state index contributed by atoms with van der Waals surface area (Å²) in [6, 6.07) is 1.61. The minimum atomic E-state index is -0.0751. The minimum Gasteiger partial charge on any atom is -0.383 e. The van der Waals surface area contributed by atoms with Crippen LogP contribution >= 0.6 is 0 Å². The second-order valence-corrected chi connectivity index (χ2v) is 5.60. The molecule has 5 nitrogen and oxygen atoms in total. The smallest absolute Gasteiger partial charge is 0.268 e. The van der Waals surface area contributed by atoms with Gasteiger partial charge in [-0.1, -0.05) is 13.8 Å². The predicted molar refractivity (Wildman–Crippen MR) is 75.4 cm³/mol. The van der Waals surface area contributed by atoms with Crippen LogP contribution in [-0.2, 0) is 11.3 Å². The molecule has 0 atom stereocenters. The van der Waals surface area contributed by atoms with E-state index >= 15 is 0 Å². The average Bonchev–Trinajstić information content (AvgIpc) is 3.17. The van der Waals surface area contributed by atoms with Crippen LogP contribution in [0, 0.1) is 11.8 Å². The first-order valence-electron chi connectivity index (χ1n) is 7.04. The molecule has 0 spiro atoms. The van der Waals surface area contributed by atoms with Crippen molar-refractivity contribution in [1.82, 2.24) is 9.78 Å². The monoisotopic (exact) mass is 265 g/mol. The van der Waals surface area contributed by atoms with E-state index in [1.165, 1.54) is 17.5 Å². The average molecular weight is 265 g/mol. The molecule has 1 N–H and O–H groups in total. The lowest BCUT2D eigenvalue weighted by molar-refractivity contribution is 0.100. The molecule has 0 saturated heterocycles. The molecule has 1 saturated carbocycles. The van der Waals surface area contributed by atoms with Crippen molar-refractivity contribution < 1.29 is 4.74 Å². The number of rotatable bonds is 8. The van der Waals surface area contributed by atoms with Gasteiger partial charge < -0.3 is 10.1 Å². The van der Waals surface area contributed by atoms with Crippen LogP contribution in [0.5, 0.6) is 0 Å². The molecule has 2 rings (SSSR count). The van der Waals surface area contributed by atoms with E-state index < -0.39 is 0 Å². The van der Waals surface area contributed by atoms with E-state index in [9.17, 15) is 4.79 Å². The molecule has 1 aromatic rings. The van der Waals surface area contributed by atoms with Gasteiger partial charge in [-0.2, -0.15) is 5.10 Å². The lowest BCUT2D eigenvalue weighted by Gasteiger charge is -2.09. The Hall–Kier alpha value is -1.36. The van der Waals surface area contributed by atoms with Gasteiger partial charge in [0.05, 0.1) is 25.0 Å². The van der Waals surface area contributed by atoms with Crippen LogP contribution in [0.3, 0.4) is 0 Å². The Morgan fingerprint density at radius 1 is 1.53 bits per heavy atom. The number of nitrogens with one attached hydrogen (secondary N) is 1. The molecule has 1 fully saturated rings. The summed E-state index contributed by atoms with van der Waals surface area (Å²) in [4.78, 5) is 11.8. The quantitative estimate of drug-likeness (QED) is 0.727. The molecular formula is C14H23N3O2. The zero-order valence-electron chi connectivity index (χ0n) is 11.8. The number of ether oxygens (including phenoxy) is 1. The lowest BCUT2D eigenvalue weighted by Crippen LogP contribution is -2.25. The minimum absolute atomic E-state index is 0.0751. The third-order valence-electron chi connectivity index (χ3n) is 3.06. The second-order valence-electron chi connectivity index (χ2n) is 5.60. The number of hydrogen-bond donors (Lipinski definition) is 1. The van der Waals surface area contributed by atoms with Crippen LogP contribution in [0.25, 0.3) is 0 Å². The number of anilines is 1. The Morgan fingerprint density at radius 3 is 2.95 bits per heavy atom. The first kappa shape index (κ1) is 14.1. The molecule has 0 amide bonds. The third kappa shape index (κ3) is 5.03. The summed E-state index contributed by atoms with van der Waals surface area (Å²) in [7, 11) is 0. The van der Waals surface area contributed by atoms with Crippen LogP contribution in [0.1, 0.15) is 26.7 Å². The molecule has 19 heavy (non-hydrogen) atoms. The van der Waals surface area contributed by atoms with Gasteiger partial charge in [-0.25, -0.2) is 4.68 Å². The van der Waals surface area contributed by atoms with E-state index in [2.05, 4.69) is 24.3 Å². The summed E-state index contributed by atoms with van der Waals surface area (Å²) in [6.07, 6.45) is 4.31. The molecule has 5 heteroatoms.